The lowest BCUT2D eigenvalue weighted by molar-refractivity contribution is -0.135. The molecule has 0 aromatic rings. The molecular weight excluding hydrogens is 198 g/mol. The smallest absolute Gasteiger partial charge is 0.246 e. The fourth-order valence-corrected chi connectivity index (χ4v) is 0.980. The number of likely N-dealkylation sites (N-methyl/N-ethyl adjacent to an activating group) is 1. The van der Waals surface area contributed by atoms with Crippen LogP contribution >= 0.6 is 0 Å². The number of ether oxygens (including phenoxy) is 1. The largest absolute Gasteiger partial charge is 0.370 e. The number of nitrogens with zero attached hydrogens (tertiary/aromatic N) is 1. The molecule has 0 bridgehead atoms. The minimum absolute atomic E-state index is 0.0672. The van der Waals surface area contributed by atoms with Crippen LogP contribution in [0.5, 0.6) is 0 Å². The summed E-state index contributed by atoms with van der Waals surface area (Å²) in [4.78, 5) is 24.0. The van der Waals surface area contributed by atoms with E-state index in [0.29, 0.717) is 13.2 Å². The highest BCUT2D eigenvalue weighted by molar-refractivity contribution is 5.87. The maximum absolute atomic E-state index is 11.4. The van der Waals surface area contributed by atoms with E-state index < -0.39 is 6.04 Å². The van der Waals surface area contributed by atoms with Gasteiger partial charge in [0.25, 0.3) is 0 Å². The minimum Gasteiger partial charge on any atom is -0.370 e. The molecular formula is C9H19N3O3. The summed E-state index contributed by atoms with van der Waals surface area (Å²) in [5, 5.41) is 2.52. The second-order valence-electron chi connectivity index (χ2n) is 3.36. The van der Waals surface area contributed by atoms with Gasteiger partial charge in [0.05, 0.1) is 6.61 Å². The molecule has 0 aromatic heterocycles. The van der Waals surface area contributed by atoms with Gasteiger partial charge in [-0.2, -0.15) is 0 Å². The molecule has 0 aliphatic carbocycles. The summed E-state index contributed by atoms with van der Waals surface area (Å²) in [5.74, 6) is -0.465. The summed E-state index contributed by atoms with van der Waals surface area (Å²) in [6, 6.07) is -0.533. The van der Waals surface area contributed by atoms with Gasteiger partial charge in [-0.1, -0.05) is 0 Å². The lowest BCUT2D eigenvalue weighted by Gasteiger charge is -2.17. The van der Waals surface area contributed by atoms with Crippen molar-refractivity contribution in [3.05, 3.63) is 0 Å². The van der Waals surface area contributed by atoms with Gasteiger partial charge in [0.1, 0.15) is 12.6 Å². The second-order valence-corrected chi connectivity index (χ2v) is 3.36. The maximum atomic E-state index is 11.4. The van der Waals surface area contributed by atoms with Crippen LogP contribution in [0.3, 0.4) is 0 Å². The van der Waals surface area contributed by atoms with E-state index in [4.69, 9.17) is 10.5 Å². The van der Waals surface area contributed by atoms with Crippen molar-refractivity contribution in [2.75, 3.05) is 33.9 Å². The third kappa shape index (κ3) is 6.03. The zero-order valence-corrected chi connectivity index (χ0v) is 9.45. The van der Waals surface area contributed by atoms with Crippen LogP contribution in [0.25, 0.3) is 0 Å². The highest BCUT2D eigenvalue weighted by Gasteiger charge is 2.16. The van der Waals surface area contributed by atoms with Crippen molar-refractivity contribution in [3.63, 3.8) is 0 Å². The fourth-order valence-electron chi connectivity index (χ4n) is 0.980. The van der Waals surface area contributed by atoms with Gasteiger partial charge in [-0.25, -0.2) is 0 Å². The Labute approximate surface area is 89.7 Å². The number of rotatable bonds is 6. The van der Waals surface area contributed by atoms with Crippen molar-refractivity contribution in [1.29, 1.82) is 0 Å². The first kappa shape index (κ1) is 13.9. The van der Waals surface area contributed by atoms with Gasteiger partial charge in [-0.15, -0.1) is 0 Å². The molecule has 15 heavy (non-hydrogen) atoms. The fraction of sp³-hybridized carbons (Fsp3) is 0.778. The highest BCUT2D eigenvalue weighted by atomic mass is 16.5. The molecule has 1 atom stereocenters. The van der Waals surface area contributed by atoms with Crippen molar-refractivity contribution in [2.24, 2.45) is 5.73 Å². The molecule has 0 aromatic carbocycles. The first-order valence-corrected chi connectivity index (χ1v) is 4.77. The summed E-state index contributed by atoms with van der Waals surface area (Å²) in [6.07, 6.45) is 0. The van der Waals surface area contributed by atoms with Gasteiger partial charge in [-0.05, 0) is 6.92 Å². The van der Waals surface area contributed by atoms with E-state index in [1.54, 1.807) is 21.0 Å². The van der Waals surface area contributed by atoms with E-state index >= 15 is 0 Å². The Kier molecular flexibility index (Phi) is 6.64. The van der Waals surface area contributed by atoms with Crippen LogP contribution in [0.2, 0.25) is 0 Å². The molecule has 6 heteroatoms. The Balaban J connectivity index is 3.81. The Bertz CT molecular complexity index is 219. The van der Waals surface area contributed by atoms with E-state index in [2.05, 4.69) is 5.32 Å². The molecule has 1 unspecified atom stereocenters. The molecule has 0 aliphatic heterocycles. The van der Waals surface area contributed by atoms with Gasteiger partial charge in [0, 0.05) is 20.6 Å². The number of amides is 2. The average molecular weight is 217 g/mol. The van der Waals surface area contributed by atoms with E-state index in [9.17, 15) is 9.59 Å². The molecule has 0 aliphatic rings. The zero-order valence-electron chi connectivity index (χ0n) is 9.45. The molecule has 2 amide bonds. The molecule has 3 N–H and O–H groups in total. The standard InChI is InChI=1S/C9H19N3O3/c1-7(9(14)12(2)3)11-8(13)6-15-5-4-10/h7H,4-6,10H2,1-3H3,(H,11,13). The van der Waals surface area contributed by atoms with E-state index in [1.165, 1.54) is 4.90 Å². The number of carbonyl (C=O) groups is 2. The Hall–Kier alpha value is -1.14. The van der Waals surface area contributed by atoms with Gasteiger partial charge >= 0.3 is 0 Å². The van der Waals surface area contributed by atoms with Crippen LogP contribution < -0.4 is 11.1 Å². The predicted octanol–water partition coefficient (Wildman–Crippen LogP) is -1.45. The van der Waals surface area contributed by atoms with Crippen LogP contribution in [0.4, 0.5) is 0 Å². The minimum atomic E-state index is -0.533. The number of nitrogens with one attached hydrogen (secondary N) is 1. The second kappa shape index (κ2) is 7.19. The Morgan fingerprint density at radius 1 is 1.47 bits per heavy atom. The lowest BCUT2D eigenvalue weighted by Crippen LogP contribution is -2.45. The molecule has 0 rings (SSSR count). The summed E-state index contributed by atoms with van der Waals surface area (Å²) < 4.78 is 4.92. The van der Waals surface area contributed by atoms with Gasteiger partial charge in [-0.3, -0.25) is 9.59 Å². The van der Waals surface area contributed by atoms with Gasteiger partial charge in [0.2, 0.25) is 11.8 Å². The first-order valence-electron chi connectivity index (χ1n) is 4.77. The predicted molar refractivity (Wildman–Crippen MR) is 56.2 cm³/mol. The molecule has 0 heterocycles. The summed E-state index contributed by atoms with van der Waals surface area (Å²) in [5.41, 5.74) is 5.19. The van der Waals surface area contributed by atoms with Crippen molar-refractivity contribution in [1.82, 2.24) is 10.2 Å². The third-order valence-corrected chi connectivity index (χ3v) is 1.68. The third-order valence-electron chi connectivity index (χ3n) is 1.68. The van der Waals surface area contributed by atoms with Crippen LogP contribution in [-0.2, 0) is 14.3 Å². The lowest BCUT2D eigenvalue weighted by atomic mass is 10.3. The normalized spacial score (nSPS) is 12.0. The first-order chi connectivity index (χ1) is 6.99. The Morgan fingerprint density at radius 2 is 2.07 bits per heavy atom. The van der Waals surface area contributed by atoms with E-state index in [-0.39, 0.29) is 18.4 Å². The van der Waals surface area contributed by atoms with Crippen LogP contribution in [0.1, 0.15) is 6.92 Å². The topological polar surface area (TPSA) is 84.7 Å². The zero-order chi connectivity index (χ0) is 11.8. The van der Waals surface area contributed by atoms with Gasteiger partial charge in [0.15, 0.2) is 0 Å². The quantitative estimate of drug-likeness (QED) is 0.533. The van der Waals surface area contributed by atoms with Crippen LogP contribution in [0, 0.1) is 0 Å². The summed E-state index contributed by atoms with van der Waals surface area (Å²) in [7, 11) is 3.27. The number of hydrogen-bond donors (Lipinski definition) is 2. The van der Waals surface area contributed by atoms with Crippen molar-refractivity contribution < 1.29 is 14.3 Å². The highest BCUT2D eigenvalue weighted by Crippen LogP contribution is 1.88. The van der Waals surface area contributed by atoms with E-state index in [0.717, 1.165) is 0 Å². The molecule has 0 radical (unpaired) electrons. The molecule has 0 saturated heterocycles. The molecule has 88 valence electrons. The van der Waals surface area contributed by atoms with Crippen LogP contribution in [-0.4, -0.2) is 56.6 Å². The molecule has 0 spiro atoms. The molecule has 0 fully saturated rings. The number of carbonyl (C=O) groups excluding carboxylic acids is 2. The summed E-state index contributed by atoms with van der Waals surface area (Å²) >= 11 is 0. The number of nitrogens with two attached hydrogens (primary N) is 1. The average Bonchev–Trinajstić information content (AvgIpc) is 2.16. The summed E-state index contributed by atoms with van der Waals surface area (Å²) in [6.45, 7) is 2.27. The van der Waals surface area contributed by atoms with E-state index in [1.807, 2.05) is 0 Å². The van der Waals surface area contributed by atoms with Crippen molar-refractivity contribution in [3.8, 4) is 0 Å². The monoisotopic (exact) mass is 217 g/mol. The number of hydrogen-bond acceptors (Lipinski definition) is 4. The SMILES string of the molecule is CC(NC(=O)COCCN)C(=O)N(C)C. The van der Waals surface area contributed by atoms with Crippen molar-refractivity contribution >= 4 is 11.8 Å². The van der Waals surface area contributed by atoms with Gasteiger partial charge < -0.3 is 20.7 Å². The van der Waals surface area contributed by atoms with Crippen molar-refractivity contribution in [2.45, 2.75) is 13.0 Å². The molecule has 0 saturated carbocycles. The Morgan fingerprint density at radius 3 is 2.53 bits per heavy atom. The molecule has 6 nitrogen and oxygen atoms in total. The van der Waals surface area contributed by atoms with Crippen LogP contribution in [0.15, 0.2) is 0 Å². The maximum Gasteiger partial charge on any atom is 0.246 e.